The van der Waals surface area contributed by atoms with E-state index in [0.717, 1.165) is 11.0 Å². The molecule has 0 radical (unpaired) electrons. The summed E-state index contributed by atoms with van der Waals surface area (Å²) in [6, 6.07) is 10.6. The van der Waals surface area contributed by atoms with Gasteiger partial charge in [0.1, 0.15) is 23.7 Å². The van der Waals surface area contributed by atoms with E-state index < -0.39 is 60.4 Å². The Morgan fingerprint density at radius 2 is 1.90 bits per heavy atom. The lowest BCUT2D eigenvalue weighted by atomic mass is 9.87. The van der Waals surface area contributed by atoms with E-state index in [0.29, 0.717) is 6.42 Å². The van der Waals surface area contributed by atoms with E-state index in [1.54, 1.807) is 12.1 Å². The molecule has 42 heavy (non-hydrogen) atoms. The number of hydrogen-bond acceptors (Lipinski definition) is 4. The van der Waals surface area contributed by atoms with Gasteiger partial charge in [0.15, 0.2) is 5.69 Å². The molecule has 3 amide bonds. The van der Waals surface area contributed by atoms with E-state index in [-0.39, 0.29) is 40.6 Å². The molecular formula is C30H25ClF3N5O3. The van der Waals surface area contributed by atoms with E-state index in [1.165, 1.54) is 53.6 Å². The van der Waals surface area contributed by atoms with Crippen molar-refractivity contribution in [1.82, 2.24) is 10.3 Å². The largest absolute Gasteiger partial charge is 0.351 e. The molecule has 2 heterocycles. The van der Waals surface area contributed by atoms with Crippen molar-refractivity contribution in [2.75, 3.05) is 9.80 Å². The van der Waals surface area contributed by atoms with Gasteiger partial charge < -0.3 is 5.32 Å². The van der Waals surface area contributed by atoms with Gasteiger partial charge in [-0.05, 0) is 49.2 Å². The first-order chi connectivity index (χ1) is 20.1. The highest BCUT2D eigenvalue weighted by Crippen LogP contribution is 2.40. The molecule has 1 aromatic heterocycles. The Morgan fingerprint density at radius 3 is 2.60 bits per heavy atom. The monoisotopic (exact) mass is 595 g/mol. The van der Waals surface area contributed by atoms with Crippen LogP contribution in [0.25, 0.3) is 4.85 Å². The number of benzene rings is 2. The second kappa shape index (κ2) is 11.8. The van der Waals surface area contributed by atoms with E-state index >= 15 is 0 Å². The number of rotatable bonds is 7. The maximum absolute atomic E-state index is 14.6. The fourth-order valence-corrected chi connectivity index (χ4v) is 5.57. The number of pyridine rings is 1. The number of carbonyl (C=O) groups excluding carboxylic acids is 3. The Labute approximate surface area is 244 Å². The van der Waals surface area contributed by atoms with E-state index in [4.69, 9.17) is 18.2 Å². The van der Waals surface area contributed by atoms with Crippen LogP contribution >= 0.6 is 11.6 Å². The summed E-state index contributed by atoms with van der Waals surface area (Å²) in [6.07, 6.45) is 0.895. The normalized spacial score (nSPS) is 18.9. The standard InChI is InChI=1S/C30H25ClF3N5O3/c1-35-19-12-13-36-25(15-19)39-24(10-5-11-26(39)40)29(42)38(21-7-4-6-18(32)14-21)27(22-8-2-3-9-23(22)31)28(41)37-20-16-30(33,34)17-20/h2-4,6-9,12-15,20,24,27H,5,10-11,16-17H2,(H,37,41)/t24-,27-/m0/s1. The SMILES string of the molecule is [C-]#[N+]c1ccnc(N2C(=O)CCC[C@H]2C(=O)N(c2cccc(F)c2)[C@H](C(=O)NC2CC(F)(F)C2)c2ccccc2Cl)c1. The van der Waals surface area contributed by atoms with Crippen molar-refractivity contribution in [3.63, 3.8) is 0 Å². The predicted octanol–water partition coefficient (Wildman–Crippen LogP) is 6.00. The maximum Gasteiger partial charge on any atom is 0.252 e. The Hall–Kier alpha value is -4.43. The molecule has 12 heteroatoms. The summed E-state index contributed by atoms with van der Waals surface area (Å²) in [7, 11) is 0. The number of carbonyl (C=O) groups is 3. The summed E-state index contributed by atoms with van der Waals surface area (Å²) < 4.78 is 41.8. The van der Waals surface area contributed by atoms with Crippen LogP contribution in [-0.4, -0.2) is 40.7 Å². The van der Waals surface area contributed by atoms with Gasteiger partial charge in [-0.3, -0.25) is 24.2 Å². The molecule has 0 spiro atoms. The summed E-state index contributed by atoms with van der Waals surface area (Å²) in [6.45, 7) is 7.34. The number of halogens is 4. The minimum absolute atomic E-state index is 0.000139. The molecule has 1 saturated carbocycles. The minimum atomic E-state index is -2.91. The predicted molar refractivity (Wildman–Crippen MR) is 150 cm³/mol. The molecule has 5 rings (SSSR count). The van der Waals surface area contributed by atoms with Gasteiger partial charge in [-0.25, -0.2) is 23.0 Å². The van der Waals surface area contributed by atoms with Crippen molar-refractivity contribution in [1.29, 1.82) is 0 Å². The number of amides is 3. The van der Waals surface area contributed by atoms with Crippen LogP contribution in [0.3, 0.4) is 0 Å². The fraction of sp³-hybridized carbons (Fsp3) is 0.300. The number of alkyl halides is 2. The quantitative estimate of drug-likeness (QED) is 0.340. The van der Waals surface area contributed by atoms with Gasteiger partial charge in [0.25, 0.3) is 11.8 Å². The average Bonchev–Trinajstić information content (AvgIpc) is 2.95. The Balaban J connectivity index is 1.62. The Kier molecular flexibility index (Phi) is 8.18. The number of anilines is 2. The molecule has 1 saturated heterocycles. The van der Waals surface area contributed by atoms with Crippen LogP contribution in [0.4, 0.5) is 30.4 Å². The van der Waals surface area contributed by atoms with Crippen LogP contribution in [-0.2, 0) is 14.4 Å². The topological polar surface area (TPSA) is 87.0 Å². The van der Waals surface area contributed by atoms with Crippen molar-refractivity contribution in [2.45, 2.75) is 56.2 Å². The number of piperidine rings is 1. The van der Waals surface area contributed by atoms with Crippen molar-refractivity contribution >= 4 is 46.5 Å². The number of hydrogen-bond donors (Lipinski definition) is 1. The smallest absolute Gasteiger partial charge is 0.252 e. The summed E-state index contributed by atoms with van der Waals surface area (Å²) >= 11 is 6.51. The molecule has 2 fully saturated rings. The average molecular weight is 596 g/mol. The second-order valence-electron chi connectivity index (χ2n) is 10.2. The van der Waals surface area contributed by atoms with E-state index in [9.17, 15) is 27.6 Å². The summed E-state index contributed by atoms with van der Waals surface area (Å²) in [5.41, 5.74) is 0.388. The van der Waals surface area contributed by atoms with Gasteiger partial charge >= 0.3 is 0 Å². The lowest BCUT2D eigenvalue weighted by Crippen LogP contribution is -2.58. The molecule has 2 aliphatic rings. The Bertz CT molecular complexity index is 1570. The molecule has 1 aliphatic heterocycles. The summed E-state index contributed by atoms with van der Waals surface area (Å²) in [4.78, 5) is 51.5. The van der Waals surface area contributed by atoms with Gasteiger partial charge in [-0.2, -0.15) is 0 Å². The molecule has 0 unspecified atom stereocenters. The molecule has 1 N–H and O–H groups in total. The first kappa shape index (κ1) is 29.1. The lowest BCUT2D eigenvalue weighted by molar-refractivity contribution is -0.133. The number of aromatic nitrogens is 1. The van der Waals surface area contributed by atoms with E-state index in [1.807, 2.05) is 0 Å². The molecule has 3 aromatic rings. The highest BCUT2D eigenvalue weighted by Gasteiger charge is 2.48. The first-order valence-corrected chi connectivity index (χ1v) is 13.6. The molecule has 1 aliphatic carbocycles. The van der Waals surface area contributed by atoms with Gasteiger partial charge in [0.2, 0.25) is 11.8 Å². The molecule has 8 nitrogen and oxygen atoms in total. The zero-order valence-corrected chi connectivity index (χ0v) is 22.9. The molecule has 0 bridgehead atoms. The molecule has 2 atom stereocenters. The maximum atomic E-state index is 14.6. The highest BCUT2D eigenvalue weighted by atomic mass is 35.5. The number of nitrogens with zero attached hydrogens (tertiary/aromatic N) is 4. The number of nitrogens with one attached hydrogen (secondary N) is 1. The van der Waals surface area contributed by atoms with Crippen LogP contribution in [0.15, 0.2) is 66.9 Å². The van der Waals surface area contributed by atoms with Crippen LogP contribution < -0.4 is 15.1 Å². The zero-order valence-electron chi connectivity index (χ0n) is 22.1. The fourth-order valence-electron chi connectivity index (χ4n) is 5.33. The third-order valence-corrected chi connectivity index (χ3v) is 7.65. The summed E-state index contributed by atoms with van der Waals surface area (Å²) in [5, 5.41) is 2.72. The van der Waals surface area contributed by atoms with E-state index in [2.05, 4.69) is 15.1 Å². The van der Waals surface area contributed by atoms with Crippen molar-refractivity contribution < 1.29 is 27.6 Å². The second-order valence-corrected chi connectivity index (χ2v) is 10.6. The van der Waals surface area contributed by atoms with Gasteiger partial charge in [0, 0.05) is 47.8 Å². The van der Waals surface area contributed by atoms with Crippen LogP contribution in [0.1, 0.15) is 43.7 Å². The Morgan fingerprint density at radius 1 is 1.14 bits per heavy atom. The molecule has 2 aromatic carbocycles. The third-order valence-electron chi connectivity index (χ3n) is 7.31. The lowest BCUT2D eigenvalue weighted by Gasteiger charge is -2.41. The van der Waals surface area contributed by atoms with Crippen LogP contribution in [0.2, 0.25) is 5.02 Å². The van der Waals surface area contributed by atoms with Crippen LogP contribution in [0, 0.1) is 12.4 Å². The minimum Gasteiger partial charge on any atom is -0.351 e. The van der Waals surface area contributed by atoms with Crippen molar-refractivity contribution in [3.05, 3.63) is 94.7 Å². The zero-order chi connectivity index (χ0) is 30.0. The first-order valence-electron chi connectivity index (χ1n) is 13.2. The third kappa shape index (κ3) is 5.94. The van der Waals surface area contributed by atoms with Gasteiger partial charge in [-0.1, -0.05) is 35.9 Å². The van der Waals surface area contributed by atoms with Crippen molar-refractivity contribution in [2.24, 2.45) is 0 Å². The van der Waals surface area contributed by atoms with Crippen LogP contribution in [0.5, 0.6) is 0 Å². The highest BCUT2D eigenvalue weighted by molar-refractivity contribution is 6.31. The van der Waals surface area contributed by atoms with Gasteiger partial charge in [0.05, 0.1) is 6.57 Å². The van der Waals surface area contributed by atoms with Gasteiger partial charge in [-0.15, -0.1) is 0 Å². The summed E-state index contributed by atoms with van der Waals surface area (Å²) in [5.74, 6) is -5.45. The van der Waals surface area contributed by atoms with Crippen molar-refractivity contribution in [3.8, 4) is 0 Å². The molecular weight excluding hydrogens is 571 g/mol. The molecule has 216 valence electrons.